The van der Waals surface area contributed by atoms with Crippen LogP contribution in [0.4, 0.5) is 0 Å². The van der Waals surface area contributed by atoms with Crippen LogP contribution in [0.15, 0.2) is 21.6 Å². The van der Waals surface area contributed by atoms with Crippen LogP contribution in [0.1, 0.15) is 26.5 Å². The van der Waals surface area contributed by atoms with Gasteiger partial charge in [0.15, 0.2) is 0 Å². The van der Waals surface area contributed by atoms with E-state index in [4.69, 9.17) is 9.15 Å². The fourth-order valence-electron chi connectivity index (χ4n) is 2.47. The van der Waals surface area contributed by atoms with Gasteiger partial charge in [-0.15, -0.1) is 0 Å². The number of sulfonamides is 1. The molecule has 0 spiro atoms. The second kappa shape index (κ2) is 5.48. The van der Waals surface area contributed by atoms with E-state index in [0.29, 0.717) is 25.4 Å². The summed E-state index contributed by atoms with van der Waals surface area (Å²) in [7, 11) is -1.82. The van der Waals surface area contributed by atoms with Gasteiger partial charge in [0.05, 0.1) is 18.2 Å². The smallest absolute Gasteiger partial charge is 0.276 e. The van der Waals surface area contributed by atoms with Gasteiger partial charge in [-0.2, -0.15) is 4.31 Å². The van der Waals surface area contributed by atoms with Gasteiger partial charge >= 0.3 is 0 Å². The molecular formula is C13H22N2O4S. The van der Waals surface area contributed by atoms with Crippen molar-refractivity contribution < 1.29 is 17.6 Å². The first kappa shape index (κ1) is 15.5. The highest BCUT2D eigenvalue weighted by Crippen LogP contribution is 2.27. The molecule has 0 saturated carbocycles. The Balaban J connectivity index is 2.24. The first-order chi connectivity index (χ1) is 9.24. The lowest BCUT2D eigenvalue weighted by Crippen LogP contribution is -2.53. The van der Waals surface area contributed by atoms with E-state index in [9.17, 15) is 8.42 Å². The molecule has 0 radical (unpaired) electrons. The van der Waals surface area contributed by atoms with Crippen molar-refractivity contribution in [3.8, 4) is 0 Å². The summed E-state index contributed by atoms with van der Waals surface area (Å²) in [6, 6.07) is 3.19. The Morgan fingerprint density at radius 1 is 1.45 bits per heavy atom. The molecule has 1 aromatic rings. The molecule has 1 aliphatic rings. The molecule has 1 N–H and O–H groups in total. The number of nitrogens with one attached hydrogen (secondary N) is 1. The summed E-state index contributed by atoms with van der Waals surface area (Å²) in [5.41, 5.74) is -0.495. The van der Waals surface area contributed by atoms with Crippen LogP contribution in [0.5, 0.6) is 0 Å². The van der Waals surface area contributed by atoms with Crippen molar-refractivity contribution in [3.63, 3.8) is 0 Å². The van der Waals surface area contributed by atoms with Gasteiger partial charge in [-0.05, 0) is 40.0 Å². The maximum absolute atomic E-state index is 12.6. The van der Waals surface area contributed by atoms with Crippen molar-refractivity contribution in [3.05, 3.63) is 17.9 Å². The van der Waals surface area contributed by atoms with Gasteiger partial charge in [-0.3, -0.25) is 0 Å². The normalized spacial score (nSPS) is 23.9. The van der Waals surface area contributed by atoms with Crippen molar-refractivity contribution in [2.45, 2.75) is 44.1 Å². The summed E-state index contributed by atoms with van der Waals surface area (Å²) in [6.07, 6.45) is -0.139. The van der Waals surface area contributed by atoms with Gasteiger partial charge in [0.25, 0.3) is 10.0 Å². The molecule has 0 aromatic carbocycles. The van der Waals surface area contributed by atoms with Crippen molar-refractivity contribution in [2.24, 2.45) is 0 Å². The van der Waals surface area contributed by atoms with E-state index in [1.165, 1.54) is 10.4 Å². The lowest BCUT2D eigenvalue weighted by molar-refractivity contribution is -0.109. The summed E-state index contributed by atoms with van der Waals surface area (Å²) in [5.74, 6) is 0.603. The molecule has 0 aliphatic carbocycles. The Morgan fingerprint density at radius 3 is 2.75 bits per heavy atom. The summed E-state index contributed by atoms with van der Waals surface area (Å²) < 4.78 is 37.8. The van der Waals surface area contributed by atoms with E-state index in [1.54, 1.807) is 13.1 Å². The molecular weight excluding hydrogens is 280 g/mol. The van der Waals surface area contributed by atoms with E-state index < -0.39 is 15.6 Å². The zero-order valence-corrected chi connectivity index (χ0v) is 13.2. The highest BCUT2D eigenvalue weighted by molar-refractivity contribution is 7.89. The van der Waals surface area contributed by atoms with Crippen LogP contribution in [-0.4, -0.2) is 44.6 Å². The number of furan rings is 1. The Kier molecular flexibility index (Phi) is 4.24. The van der Waals surface area contributed by atoms with E-state index in [0.717, 1.165) is 0 Å². The van der Waals surface area contributed by atoms with E-state index >= 15 is 0 Å². The predicted molar refractivity (Wildman–Crippen MR) is 74.9 cm³/mol. The van der Waals surface area contributed by atoms with Crippen LogP contribution in [0.2, 0.25) is 0 Å². The van der Waals surface area contributed by atoms with Crippen LogP contribution in [0.25, 0.3) is 0 Å². The SMILES string of the molecule is CNCc1ccc(S(=O)(=O)N2CC(C)OC(C)(C)C2)o1. The van der Waals surface area contributed by atoms with Crippen LogP contribution in [0.3, 0.4) is 0 Å². The number of hydrogen-bond donors (Lipinski definition) is 1. The molecule has 1 unspecified atom stereocenters. The Morgan fingerprint density at radius 2 is 2.15 bits per heavy atom. The first-order valence-electron chi connectivity index (χ1n) is 6.66. The molecule has 6 nitrogen and oxygen atoms in total. The third kappa shape index (κ3) is 3.22. The number of morpholine rings is 1. The summed E-state index contributed by atoms with van der Waals surface area (Å²) in [5, 5.41) is 2.92. The van der Waals surface area contributed by atoms with Gasteiger partial charge in [0.1, 0.15) is 5.76 Å². The van der Waals surface area contributed by atoms with Gasteiger partial charge < -0.3 is 14.5 Å². The highest BCUT2D eigenvalue weighted by Gasteiger charge is 2.39. The maximum Gasteiger partial charge on any atom is 0.276 e. The largest absolute Gasteiger partial charge is 0.447 e. The van der Waals surface area contributed by atoms with Crippen molar-refractivity contribution in [1.82, 2.24) is 9.62 Å². The minimum absolute atomic E-state index is 0.00681. The molecule has 0 amide bonds. The third-order valence-corrected chi connectivity index (χ3v) is 4.81. The molecule has 1 fully saturated rings. The summed E-state index contributed by atoms with van der Waals surface area (Å²) in [4.78, 5) is 0. The van der Waals surface area contributed by atoms with E-state index in [2.05, 4.69) is 5.32 Å². The fourth-order valence-corrected chi connectivity index (χ4v) is 4.07. The van der Waals surface area contributed by atoms with Crippen molar-refractivity contribution in [2.75, 3.05) is 20.1 Å². The van der Waals surface area contributed by atoms with Crippen LogP contribution >= 0.6 is 0 Å². The minimum Gasteiger partial charge on any atom is -0.447 e. The molecule has 1 aliphatic heterocycles. The topological polar surface area (TPSA) is 71.8 Å². The average Bonchev–Trinajstić information content (AvgIpc) is 2.76. The molecule has 1 saturated heterocycles. The number of ether oxygens (including phenoxy) is 1. The predicted octanol–water partition coefficient (Wildman–Crippen LogP) is 1.19. The molecule has 1 aromatic heterocycles. The number of hydrogen-bond acceptors (Lipinski definition) is 5. The molecule has 1 atom stereocenters. The fraction of sp³-hybridized carbons (Fsp3) is 0.692. The second-order valence-electron chi connectivity index (χ2n) is 5.74. The monoisotopic (exact) mass is 302 g/mol. The Hall–Kier alpha value is -0.890. The quantitative estimate of drug-likeness (QED) is 0.904. The van der Waals surface area contributed by atoms with Gasteiger partial charge in [0, 0.05) is 13.1 Å². The Bertz CT molecular complexity index is 565. The van der Waals surface area contributed by atoms with E-state index in [1.807, 2.05) is 20.8 Å². The first-order valence-corrected chi connectivity index (χ1v) is 8.10. The van der Waals surface area contributed by atoms with E-state index in [-0.39, 0.29) is 11.2 Å². The highest BCUT2D eigenvalue weighted by atomic mass is 32.2. The molecule has 114 valence electrons. The van der Waals surface area contributed by atoms with Crippen molar-refractivity contribution in [1.29, 1.82) is 0 Å². The zero-order chi connectivity index (χ0) is 15.0. The molecule has 2 rings (SSSR count). The summed E-state index contributed by atoms with van der Waals surface area (Å²) in [6.45, 7) is 6.81. The maximum atomic E-state index is 12.6. The lowest BCUT2D eigenvalue weighted by Gasteiger charge is -2.40. The third-order valence-electron chi connectivity index (χ3n) is 3.12. The van der Waals surface area contributed by atoms with Crippen LogP contribution in [0, 0.1) is 0 Å². The standard InChI is InChI=1S/C13H22N2O4S/c1-10-8-15(9-13(2,3)19-10)20(16,17)12-6-5-11(18-12)7-14-4/h5-6,10,14H,7-9H2,1-4H3. The van der Waals surface area contributed by atoms with Crippen molar-refractivity contribution >= 4 is 10.0 Å². The number of nitrogens with zero attached hydrogens (tertiary/aromatic N) is 1. The molecule has 2 heterocycles. The van der Waals surface area contributed by atoms with Crippen LogP contribution < -0.4 is 5.32 Å². The summed E-state index contributed by atoms with van der Waals surface area (Å²) >= 11 is 0. The van der Waals surface area contributed by atoms with Gasteiger partial charge in [-0.25, -0.2) is 8.42 Å². The zero-order valence-electron chi connectivity index (χ0n) is 12.3. The molecule has 0 bridgehead atoms. The van der Waals surface area contributed by atoms with Gasteiger partial charge in [-0.1, -0.05) is 0 Å². The number of rotatable bonds is 4. The van der Waals surface area contributed by atoms with Crippen LogP contribution in [-0.2, 0) is 21.3 Å². The second-order valence-corrected chi connectivity index (χ2v) is 7.61. The Labute approximate surface area is 120 Å². The lowest BCUT2D eigenvalue weighted by atomic mass is 10.1. The average molecular weight is 302 g/mol. The molecule has 7 heteroatoms. The van der Waals surface area contributed by atoms with Gasteiger partial charge in [0.2, 0.25) is 5.09 Å². The minimum atomic E-state index is -3.60. The molecule has 20 heavy (non-hydrogen) atoms.